The Labute approximate surface area is 132 Å². The highest BCUT2D eigenvalue weighted by atomic mass is 16.5. The van der Waals surface area contributed by atoms with Crippen molar-refractivity contribution in [2.24, 2.45) is 4.99 Å². The lowest BCUT2D eigenvalue weighted by Gasteiger charge is -2.21. The Morgan fingerprint density at radius 3 is 2.55 bits per heavy atom. The second kappa shape index (κ2) is 6.65. The zero-order valence-corrected chi connectivity index (χ0v) is 13.2. The number of hydrogen-bond donors (Lipinski definition) is 0. The minimum Gasteiger partial charge on any atom is -0.462 e. The first-order valence-corrected chi connectivity index (χ1v) is 7.83. The summed E-state index contributed by atoms with van der Waals surface area (Å²) in [5.41, 5.74) is 3.80. The molecule has 1 aliphatic heterocycles. The average Bonchev–Trinajstić information content (AvgIpc) is 3.03. The Morgan fingerprint density at radius 2 is 1.82 bits per heavy atom. The highest BCUT2D eigenvalue weighted by molar-refractivity contribution is 5.75. The van der Waals surface area contributed by atoms with Crippen LogP contribution in [0.2, 0.25) is 0 Å². The number of aliphatic imine (C=N–C) groups is 1. The molecule has 0 fully saturated rings. The molecule has 3 rings (SSSR count). The van der Waals surface area contributed by atoms with E-state index in [4.69, 9.17) is 9.73 Å². The molecule has 0 radical (unpaired) electrons. The molecule has 0 aromatic heterocycles. The minimum absolute atomic E-state index is 0.112. The molecule has 0 saturated heterocycles. The van der Waals surface area contributed by atoms with E-state index in [2.05, 4.69) is 67.3 Å². The van der Waals surface area contributed by atoms with E-state index in [0.29, 0.717) is 6.61 Å². The van der Waals surface area contributed by atoms with Gasteiger partial charge in [0.05, 0.1) is 0 Å². The summed E-state index contributed by atoms with van der Waals surface area (Å²) in [6, 6.07) is 19.7. The molecule has 2 aromatic carbocycles. The summed E-state index contributed by atoms with van der Waals surface area (Å²) in [5, 5.41) is 0. The molecule has 2 aromatic rings. The summed E-state index contributed by atoms with van der Waals surface area (Å²) in [6.45, 7) is 6.61. The fourth-order valence-electron chi connectivity index (χ4n) is 2.77. The third-order valence-corrected chi connectivity index (χ3v) is 4.05. The van der Waals surface area contributed by atoms with Gasteiger partial charge in [0, 0.05) is 13.1 Å². The first-order valence-electron chi connectivity index (χ1n) is 7.83. The SMILES string of the molecule is CCN(Cc1ccccc1)C1=NC(c2ccccc2C)CO1. The number of aryl methyl sites for hydroxylation is 1. The largest absolute Gasteiger partial charge is 0.462 e. The van der Waals surface area contributed by atoms with Gasteiger partial charge < -0.3 is 9.64 Å². The summed E-state index contributed by atoms with van der Waals surface area (Å²) in [6.07, 6.45) is 0. The molecular weight excluding hydrogens is 272 g/mol. The molecule has 1 unspecified atom stereocenters. The van der Waals surface area contributed by atoms with Crippen LogP contribution in [-0.4, -0.2) is 24.1 Å². The van der Waals surface area contributed by atoms with Gasteiger partial charge in [-0.2, -0.15) is 0 Å². The molecule has 0 saturated carbocycles. The molecular formula is C19H22N2O. The number of rotatable bonds is 4. The van der Waals surface area contributed by atoms with E-state index in [-0.39, 0.29) is 6.04 Å². The molecule has 1 aliphatic rings. The average molecular weight is 294 g/mol. The Hall–Kier alpha value is -2.29. The molecule has 0 spiro atoms. The van der Waals surface area contributed by atoms with Crippen LogP contribution in [0.1, 0.15) is 29.7 Å². The molecule has 3 nitrogen and oxygen atoms in total. The van der Waals surface area contributed by atoms with E-state index in [1.807, 2.05) is 6.07 Å². The van der Waals surface area contributed by atoms with Crippen LogP contribution in [0.5, 0.6) is 0 Å². The smallest absolute Gasteiger partial charge is 0.288 e. The quantitative estimate of drug-likeness (QED) is 0.853. The van der Waals surface area contributed by atoms with Gasteiger partial charge in [0.2, 0.25) is 0 Å². The summed E-state index contributed by atoms with van der Waals surface area (Å²) in [4.78, 5) is 6.99. The zero-order valence-electron chi connectivity index (χ0n) is 13.2. The van der Waals surface area contributed by atoms with Gasteiger partial charge >= 0.3 is 0 Å². The van der Waals surface area contributed by atoms with Gasteiger partial charge in [0.1, 0.15) is 12.6 Å². The normalized spacial score (nSPS) is 17.0. The maximum Gasteiger partial charge on any atom is 0.288 e. The summed E-state index contributed by atoms with van der Waals surface area (Å²) in [7, 11) is 0. The van der Waals surface area contributed by atoms with Crippen molar-refractivity contribution in [2.75, 3.05) is 13.2 Å². The van der Waals surface area contributed by atoms with Crippen LogP contribution >= 0.6 is 0 Å². The van der Waals surface area contributed by atoms with Crippen molar-refractivity contribution in [2.45, 2.75) is 26.4 Å². The van der Waals surface area contributed by atoms with Crippen molar-refractivity contribution in [3.8, 4) is 0 Å². The second-order valence-electron chi connectivity index (χ2n) is 5.59. The maximum atomic E-state index is 5.88. The zero-order chi connectivity index (χ0) is 15.4. The summed E-state index contributed by atoms with van der Waals surface area (Å²) >= 11 is 0. The molecule has 0 N–H and O–H groups in total. The highest BCUT2D eigenvalue weighted by Gasteiger charge is 2.25. The molecule has 3 heteroatoms. The number of ether oxygens (including phenoxy) is 1. The third-order valence-electron chi connectivity index (χ3n) is 4.05. The molecule has 114 valence electrons. The van der Waals surface area contributed by atoms with E-state index in [9.17, 15) is 0 Å². The first kappa shape index (κ1) is 14.6. The predicted octanol–water partition coefficient (Wildman–Crippen LogP) is 3.94. The van der Waals surface area contributed by atoms with Crippen LogP contribution in [0.15, 0.2) is 59.6 Å². The highest BCUT2D eigenvalue weighted by Crippen LogP contribution is 2.26. The Kier molecular flexibility index (Phi) is 4.42. The number of amidine groups is 1. The van der Waals surface area contributed by atoms with E-state index < -0.39 is 0 Å². The lowest BCUT2D eigenvalue weighted by Crippen LogP contribution is -2.30. The second-order valence-corrected chi connectivity index (χ2v) is 5.59. The van der Waals surface area contributed by atoms with Gasteiger partial charge in [0.15, 0.2) is 0 Å². The predicted molar refractivity (Wildman–Crippen MR) is 89.8 cm³/mol. The lowest BCUT2D eigenvalue weighted by molar-refractivity contribution is 0.251. The maximum absolute atomic E-state index is 5.88. The van der Waals surface area contributed by atoms with Crippen molar-refractivity contribution < 1.29 is 4.74 Å². The summed E-state index contributed by atoms with van der Waals surface area (Å²) < 4.78 is 5.88. The molecule has 0 aliphatic carbocycles. The molecule has 1 atom stereocenters. The van der Waals surface area contributed by atoms with Crippen molar-refractivity contribution in [1.82, 2.24) is 4.90 Å². The monoisotopic (exact) mass is 294 g/mol. The van der Waals surface area contributed by atoms with Crippen LogP contribution in [0.25, 0.3) is 0 Å². The Morgan fingerprint density at radius 1 is 1.09 bits per heavy atom. The fourth-order valence-corrected chi connectivity index (χ4v) is 2.77. The van der Waals surface area contributed by atoms with Crippen LogP contribution in [-0.2, 0) is 11.3 Å². The standard InChI is InChI=1S/C19H22N2O/c1-3-21(13-16-10-5-4-6-11-16)19-20-18(14-22-19)17-12-8-7-9-15(17)2/h4-12,18H,3,13-14H2,1-2H3. The molecule has 0 amide bonds. The van der Waals surface area contributed by atoms with Crippen LogP contribution in [0, 0.1) is 6.92 Å². The van der Waals surface area contributed by atoms with Crippen LogP contribution in [0.3, 0.4) is 0 Å². The molecule has 1 heterocycles. The van der Waals surface area contributed by atoms with Crippen LogP contribution < -0.4 is 0 Å². The van der Waals surface area contributed by atoms with Gasteiger partial charge in [-0.3, -0.25) is 0 Å². The number of nitrogens with zero attached hydrogens (tertiary/aromatic N) is 2. The molecule has 22 heavy (non-hydrogen) atoms. The van der Waals surface area contributed by atoms with Gasteiger partial charge in [0.25, 0.3) is 6.02 Å². The van der Waals surface area contributed by atoms with Crippen molar-refractivity contribution >= 4 is 6.02 Å². The van der Waals surface area contributed by atoms with Gasteiger partial charge in [-0.1, -0.05) is 54.6 Å². The number of hydrogen-bond acceptors (Lipinski definition) is 3. The van der Waals surface area contributed by atoms with Gasteiger partial charge in [-0.15, -0.1) is 0 Å². The van der Waals surface area contributed by atoms with Gasteiger partial charge in [-0.25, -0.2) is 4.99 Å². The third kappa shape index (κ3) is 3.14. The number of benzene rings is 2. The minimum atomic E-state index is 0.112. The van der Waals surface area contributed by atoms with E-state index in [0.717, 1.165) is 19.1 Å². The Balaban J connectivity index is 1.76. The topological polar surface area (TPSA) is 24.8 Å². The van der Waals surface area contributed by atoms with Crippen LogP contribution in [0.4, 0.5) is 0 Å². The van der Waals surface area contributed by atoms with E-state index >= 15 is 0 Å². The van der Waals surface area contributed by atoms with Crippen molar-refractivity contribution in [3.63, 3.8) is 0 Å². The molecule has 0 bridgehead atoms. The van der Waals surface area contributed by atoms with Gasteiger partial charge in [-0.05, 0) is 30.5 Å². The summed E-state index contributed by atoms with van der Waals surface area (Å²) in [5.74, 6) is 0. The van der Waals surface area contributed by atoms with Crippen molar-refractivity contribution in [3.05, 3.63) is 71.3 Å². The lowest BCUT2D eigenvalue weighted by atomic mass is 10.0. The van der Waals surface area contributed by atoms with E-state index in [1.54, 1.807) is 0 Å². The Bertz CT molecular complexity index is 651. The van der Waals surface area contributed by atoms with Crippen molar-refractivity contribution in [1.29, 1.82) is 0 Å². The van der Waals surface area contributed by atoms with E-state index in [1.165, 1.54) is 16.7 Å². The fraction of sp³-hybridized carbons (Fsp3) is 0.316. The first-order chi connectivity index (χ1) is 10.8.